The van der Waals surface area contributed by atoms with Gasteiger partial charge in [-0.1, -0.05) is 49.7 Å². The molecule has 0 radical (unpaired) electrons. The van der Waals surface area contributed by atoms with E-state index in [9.17, 15) is 9.59 Å². The van der Waals surface area contributed by atoms with Crippen LogP contribution in [-0.4, -0.2) is 59.4 Å². The predicted molar refractivity (Wildman–Crippen MR) is 148 cm³/mol. The van der Waals surface area contributed by atoms with Gasteiger partial charge < -0.3 is 19.3 Å². The third-order valence-electron chi connectivity index (χ3n) is 7.07. The summed E-state index contributed by atoms with van der Waals surface area (Å²) in [5.74, 6) is 1.16. The number of aromatic nitrogens is 1. The Labute approximate surface area is 228 Å². The highest BCUT2D eigenvalue weighted by Gasteiger charge is 2.32. The van der Waals surface area contributed by atoms with E-state index < -0.39 is 0 Å². The van der Waals surface area contributed by atoms with Crippen molar-refractivity contribution >= 4 is 23.2 Å². The first kappa shape index (κ1) is 26.4. The molecule has 7 nitrogen and oxygen atoms in total. The maximum absolute atomic E-state index is 13.3. The van der Waals surface area contributed by atoms with Gasteiger partial charge in [0.15, 0.2) is 0 Å². The van der Waals surface area contributed by atoms with Crippen LogP contribution < -0.4 is 4.74 Å². The lowest BCUT2D eigenvalue weighted by atomic mass is 9.87. The molecule has 2 aromatic carbocycles. The highest BCUT2D eigenvalue weighted by molar-refractivity contribution is 7.09. The van der Waals surface area contributed by atoms with Gasteiger partial charge in [-0.2, -0.15) is 0 Å². The zero-order chi connectivity index (χ0) is 26.6. The van der Waals surface area contributed by atoms with Gasteiger partial charge in [0.2, 0.25) is 5.91 Å². The van der Waals surface area contributed by atoms with Gasteiger partial charge in [0.25, 0.3) is 5.91 Å². The molecule has 8 heteroatoms. The SMILES string of the molecule is Cc1ccc([C@H]2c3cc(OCc4nc(C(=O)N5CCOCC5)cs4)ccc3CCN2C(=O)CC(C)C)cc1. The van der Waals surface area contributed by atoms with Crippen molar-refractivity contribution < 1.29 is 19.1 Å². The Bertz CT molecular complexity index is 1280. The van der Waals surface area contributed by atoms with Gasteiger partial charge in [0, 0.05) is 31.4 Å². The van der Waals surface area contributed by atoms with E-state index in [1.165, 1.54) is 22.5 Å². The fraction of sp³-hybridized carbons (Fsp3) is 0.433. The maximum Gasteiger partial charge on any atom is 0.273 e. The van der Waals surface area contributed by atoms with Crippen LogP contribution in [0.4, 0.5) is 0 Å². The van der Waals surface area contributed by atoms with Crippen LogP contribution in [0, 0.1) is 12.8 Å². The van der Waals surface area contributed by atoms with Crippen LogP contribution in [0.1, 0.15) is 64.1 Å². The van der Waals surface area contributed by atoms with Crippen LogP contribution in [0.2, 0.25) is 0 Å². The Kier molecular flexibility index (Phi) is 8.09. The van der Waals surface area contributed by atoms with E-state index in [1.54, 1.807) is 10.3 Å². The minimum atomic E-state index is -0.147. The molecule has 3 aromatic rings. The zero-order valence-electron chi connectivity index (χ0n) is 22.3. The molecular weight excluding hydrogens is 498 g/mol. The van der Waals surface area contributed by atoms with Crippen LogP contribution in [0.3, 0.4) is 0 Å². The molecule has 200 valence electrons. The number of nitrogens with zero attached hydrogens (tertiary/aromatic N) is 3. The highest BCUT2D eigenvalue weighted by Crippen LogP contribution is 2.38. The van der Waals surface area contributed by atoms with Crippen LogP contribution >= 0.6 is 11.3 Å². The lowest BCUT2D eigenvalue weighted by Crippen LogP contribution is -2.41. The van der Waals surface area contributed by atoms with Crippen molar-refractivity contribution in [1.82, 2.24) is 14.8 Å². The predicted octanol–water partition coefficient (Wildman–Crippen LogP) is 5.02. The summed E-state index contributed by atoms with van der Waals surface area (Å²) in [7, 11) is 0. The first-order valence-electron chi connectivity index (χ1n) is 13.3. The average molecular weight is 534 g/mol. The van der Waals surface area contributed by atoms with Crippen LogP contribution in [0.15, 0.2) is 47.8 Å². The Morgan fingerprint density at radius 2 is 1.87 bits per heavy atom. The maximum atomic E-state index is 13.3. The molecule has 0 bridgehead atoms. The van der Waals surface area contributed by atoms with Crippen LogP contribution in [-0.2, 0) is 22.6 Å². The number of benzene rings is 2. The lowest BCUT2D eigenvalue weighted by Gasteiger charge is -2.38. The van der Waals surface area contributed by atoms with Crippen molar-refractivity contribution in [2.24, 2.45) is 5.92 Å². The lowest BCUT2D eigenvalue weighted by molar-refractivity contribution is -0.134. The Balaban J connectivity index is 1.35. The monoisotopic (exact) mass is 533 g/mol. The largest absolute Gasteiger partial charge is 0.486 e. The van der Waals surface area contributed by atoms with Crippen LogP contribution in [0.5, 0.6) is 5.75 Å². The minimum absolute atomic E-state index is 0.0586. The number of hydrogen-bond donors (Lipinski definition) is 0. The zero-order valence-corrected chi connectivity index (χ0v) is 23.1. The molecule has 5 rings (SSSR count). The molecule has 1 fully saturated rings. The summed E-state index contributed by atoms with van der Waals surface area (Å²) in [4.78, 5) is 34.4. The number of carbonyl (C=O) groups is 2. The fourth-order valence-electron chi connectivity index (χ4n) is 5.08. The van der Waals surface area contributed by atoms with Crippen LogP contribution in [0.25, 0.3) is 0 Å². The van der Waals surface area contributed by atoms with E-state index >= 15 is 0 Å². The molecule has 0 aliphatic carbocycles. The van der Waals surface area contributed by atoms with Gasteiger partial charge in [0.05, 0.1) is 19.3 Å². The Morgan fingerprint density at radius 3 is 2.61 bits per heavy atom. The van der Waals surface area contributed by atoms with Gasteiger partial charge in [-0.3, -0.25) is 9.59 Å². The van der Waals surface area contributed by atoms with E-state index in [4.69, 9.17) is 9.47 Å². The number of aryl methyl sites for hydroxylation is 1. The number of morpholine rings is 1. The second kappa shape index (κ2) is 11.7. The van der Waals surface area contributed by atoms with E-state index in [0.717, 1.165) is 28.3 Å². The quantitative estimate of drug-likeness (QED) is 0.426. The molecule has 1 saturated heterocycles. The van der Waals surface area contributed by atoms with Gasteiger partial charge in [-0.05, 0) is 48.1 Å². The van der Waals surface area contributed by atoms with Crippen molar-refractivity contribution in [2.75, 3.05) is 32.8 Å². The molecule has 2 aliphatic rings. The molecule has 1 aromatic heterocycles. The minimum Gasteiger partial charge on any atom is -0.486 e. The summed E-state index contributed by atoms with van der Waals surface area (Å²) in [5, 5.41) is 2.55. The topological polar surface area (TPSA) is 72.0 Å². The number of carbonyl (C=O) groups excluding carboxylic acids is 2. The fourth-order valence-corrected chi connectivity index (χ4v) is 5.75. The summed E-state index contributed by atoms with van der Waals surface area (Å²) in [6, 6.07) is 14.5. The smallest absolute Gasteiger partial charge is 0.273 e. The van der Waals surface area contributed by atoms with Crippen molar-refractivity contribution in [3.8, 4) is 5.75 Å². The number of amides is 2. The Hall–Kier alpha value is -3.23. The van der Waals surface area contributed by atoms with Crippen molar-refractivity contribution in [1.29, 1.82) is 0 Å². The summed E-state index contributed by atoms with van der Waals surface area (Å²) >= 11 is 1.43. The molecule has 38 heavy (non-hydrogen) atoms. The van der Waals surface area contributed by atoms with Crippen molar-refractivity contribution in [3.05, 3.63) is 80.8 Å². The number of rotatable bonds is 7. The molecule has 2 aliphatic heterocycles. The van der Waals surface area contributed by atoms with E-state index in [-0.39, 0.29) is 24.5 Å². The highest BCUT2D eigenvalue weighted by atomic mass is 32.1. The number of hydrogen-bond acceptors (Lipinski definition) is 6. The number of ether oxygens (including phenoxy) is 2. The summed E-state index contributed by atoms with van der Waals surface area (Å²) < 4.78 is 11.5. The van der Waals surface area contributed by atoms with Gasteiger partial charge in [0.1, 0.15) is 23.1 Å². The van der Waals surface area contributed by atoms with Gasteiger partial charge >= 0.3 is 0 Å². The van der Waals surface area contributed by atoms with Crippen molar-refractivity contribution in [3.63, 3.8) is 0 Å². The third kappa shape index (κ3) is 5.92. The van der Waals surface area contributed by atoms with E-state index in [1.807, 2.05) is 11.0 Å². The number of fused-ring (bicyclic) bond motifs is 1. The first-order valence-corrected chi connectivity index (χ1v) is 14.2. The second-order valence-electron chi connectivity index (χ2n) is 10.4. The first-order chi connectivity index (χ1) is 18.4. The molecule has 3 heterocycles. The molecule has 0 N–H and O–H groups in total. The third-order valence-corrected chi connectivity index (χ3v) is 7.90. The molecule has 2 amide bonds. The molecule has 0 unspecified atom stereocenters. The molecule has 0 saturated carbocycles. The Morgan fingerprint density at radius 1 is 1.11 bits per heavy atom. The van der Waals surface area contributed by atoms with Crippen molar-refractivity contribution in [2.45, 2.75) is 46.3 Å². The summed E-state index contributed by atoms with van der Waals surface area (Å²) in [6.07, 6.45) is 1.35. The normalized spacial score (nSPS) is 17.4. The molecular formula is C30H35N3O4S. The average Bonchev–Trinajstić information content (AvgIpc) is 3.40. The van der Waals surface area contributed by atoms with E-state index in [2.05, 4.69) is 62.2 Å². The molecule has 1 atom stereocenters. The summed E-state index contributed by atoms with van der Waals surface area (Å²) in [6.45, 7) is 9.54. The number of thiazole rings is 1. The van der Waals surface area contributed by atoms with E-state index in [0.29, 0.717) is 50.9 Å². The summed E-state index contributed by atoms with van der Waals surface area (Å²) in [5.41, 5.74) is 5.11. The second-order valence-corrected chi connectivity index (χ2v) is 11.4. The van der Waals surface area contributed by atoms with Gasteiger partial charge in [-0.15, -0.1) is 11.3 Å². The standard InChI is InChI=1S/C30H35N3O4S/c1-20(2)16-28(34)33-11-10-22-8-9-24(17-25(22)29(33)23-6-4-21(3)5-7-23)37-18-27-31-26(19-38-27)30(35)32-12-14-36-15-13-32/h4-9,17,19-20,29H,10-16,18H2,1-3H3/t29-/m0/s1. The molecule has 0 spiro atoms. The van der Waals surface area contributed by atoms with Gasteiger partial charge in [-0.25, -0.2) is 4.98 Å².